The van der Waals surface area contributed by atoms with Gasteiger partial charge in [-0.25, -0.2) is 0 Å². The highest BCUT2D eigenvalue weighted by Crippen LogP contribution is 2.29. The third-order valence-corrected chi connectivity index (χ3v) is 4.07. The molecule has 3 N–H and O–H groups in total. The van der Waals surface area contributed by atoms with Gasteiger partial charge in [0, 0.05) is 19.0 Å². The molecule has 0 atom stereocenters. The van der Waals surface area contributed by atoms with Crippen LogP contribution in [0.25, 0.3) is 0 Å². The van der Waals surface area contributed by atoms with Crippen LogP contribution in [0.3, 0.4) is 0 Å². The van der Waals surface area contributed by atoms with Crippen LogP contribution in [-0.4, -0.2) is 37.9 Å². The first-order chi connectivity index (χ1) is 9.44. The minimum absolute atomic E-state index is 0.228. The summed E-state index contributed by atoms with van der Waals surface area (Å²) in [6.45, 7) is 4.52. The van der Waals surface area contributed by atoms with Crippen LogP contribution in [0.2, 0.25) is 0 Å². The van der Waals surface area contributed by atoms with Crippen molar-refractivity contribution >= 4 is 18.1 Å². The van der Waals surface area contributed by atoms with Crippen LogP contribution in [0.4, 0.5) is 0 Å². The topological polar surface area (TPSA) is 82.9 Å². The van der Waals surface area contributed by atoms with Gasteiger partial charge in [-0.2, -0.15) is 5.10 Å². The first kappa shape index (κ1) is 15.2. The average Bonchev–Trinajstić information content (AvgIpc) is 2.97. The molecule has 1 saturated carbocycles. The Morgan fingerprint density at radius 3 is 2.80 bits per heavy atom. The highest BCUT2D eigenvalue weighted by Gasteiger charge is 2.38. The fourth-order valence-corrected chi connectivity index (χ4v) is 3.05. The molecule has 1 amide bonds. The minimum Gasteiger partial charge on any atom is -0.380 e. The molecule has 6 nitrogen and oxygen atoms in total. The number of nitrogens with one attached hydrogen (secondary N) is 2. The van der Waals surface area contributed by atoms with Crippen molar-refractivity contribution in [1.82, 2.24) is 20.1 Å². The summed E-state index contributed by atoms with van der Waals surface area (Å²) < 4.78 is 2.53. The van der Waals surface area contributed by atoms with Gasteiger partial charge in [-0.1, -0.05) is 0 Å². The summed E-state index contributed by atoms with van der Waals surface area (Å²) in [6.07, 6.45) is 3.53. The number of carbonyl (C=O) groups is 1. The van der Waals surface area contributed by atoms with E-state index in [2.05, 4.69) is 15.5 Å². The number of nitrogens with zero attached hydrogens (tertiary/aromatic N) is 2. The van der Waals surface area contributed by atoms with Crippen molar-refractivity contribution in [1.29, 1.82) is 0 Å². The van der Waals surface area contributed by atoms with E-state index in [0.29, 0.717) is 30.6 Å². The van der Waals surface area contributed by atoms with E-state index in [1.807, 2.05) is 18.4 Å². The second-order valence-electron chi connectivity index (χ2n) is 5.65. The van der Waals surface area contributed by atoms with Gasteiger partial charge in [0.15, 0.2) is 4.77 Å². The maximum atomic E-state index is 12.0. The molecule has 1 aliphatic carbocycles. The largest absolute Gasteiger partial charge is 0.380 e. The Kier molecular flexibility index (Phi) is 4.59. The lowest BCUT2D eigenvalue weighted by molar-refractivity contribution is -0.139. The molecule has 7 heteroatoms. The first-order valence-corrected chi connectivity index (χ1v) is 7.51. The number of H-pyrrole nitrogens is 1. The summed E-state index contributed by atoms with van der Waals surface area (Å²) in [6, 6.07) is 0.228. The predicted molar refractivity (Wildman–Crippen MR) is 77.9 cm³/mol. The average molecular weight is 298 g/mol. The van der Waals surface area contributed by atoms with Gasteiger partial charge >= 0.3 is 0 Å². The standard InChI is InChI=1S/C13H22N4O2S/c1-9(2)17-10(15-16-12(17)20)5-8-14-11(18)13(19)6-3-4-7-13/h9,19H,3-8H2,1-2H3,(H,14,18)(H,16,20). The van der Waals surface area contributed by atoms with Gasteiger partial charge in [-0.15, -0.1) is 0 Å². The van der Waals surface area contributed by atoms with Crippen molar-refractivity contribution in [2.75, 3.05) is 6.54 Å². The van der Waals surface area contributed by atoms with E-state index < -0.39 is 5.60 Å². The van der Waals surface area contributed by atoms with Crippen LogP contribution < -0.4 is 5.32 Å². The lowest BCUT2D eigenvalue weighted by Crippen LogP contribution is -2.45. The molecular formula is C13H22N4O2S. The minimum atomic E-state index is -1.16. The zero-order valence-corrected chi connectivity index (χ0v) is 12.8. The summed E-state index contributed by atoms with van der Waals surface area (Å²) >= 11 is 5.17. The normalized spacial score (nSPS) is 17.6. The van der Waals surface area contributed by atoms with Gasteiger partial charge in [0.25, 0.3) is 5.91 Å². The SMILES string of the molecule is CC(C)n1c(CCNC(=O)C2(O)CCCC2)n[nH]c1=S. The fraction of sp³-hybridized carbons (Fsp3) is 0.769. The Balaban J connectivity index is 1.90. The number of carbonyl (C=O) groups excluding carboxylic acids is 1. The van der Waals surface area contributed by atoms with Gasteiger partial charge in [-0.05, 0) is 51.7 Å². The molecule has 1 heterocycles. The molecule has 1 fully saturated rings. The van der Waals surface area contributed by atoms with E-state index in [1.165, 1.54) is 0 Å². The van der Waals surface area contributed by atoms with Crippen molar-refractivity contribution in [3.63, 3.8) is 0 Å². The number of hydrogen-bond acceptors (Lipinski definition) is 4. The molecule has 0 aromatic carbocycles. The molecule has 0 bridgehead atoms. The lowest BCUT2D eigenvalue weighted by Gasteiger charge is -2.20. The summed E-state index contributed by atoms with van der Waals surface area (Å²) in [4.78, 5) is 12.0. The van der Waals surface area contributed by atoms with Crippen LogP contribution in [0.15, 0.2) is 0 Å². The quantitative estimate of drug-likeness (QED) is 0.719. The molecule has 112 valence electrons. The molecule has 2 rings (SSSR count). The summed E-state index contributed by atoms with van der Waals surface area (Å²) in [7, 11) is 0. The van der Waals surface area contributed by atoms with Gasteiger partial charge in [0.1, 0.15) is 11.4 Å². The number of aromatic nitrogens is 3. The van der Waals surface area contributed by atoms with E-state index in [0.717, 1.165) is 18.7 Å². The monoisotopic (exact) mass is 298 g/mol. The highest BCUT2D eigenvalue weighted by molar-refractivity contribution is 7.71. The molecule has 1 aromatic rings. The summed E-state index contributed by atoms with van der Waals surface area (Å²) in [5.74, 6) is 0.559. The van der Waals surface area contributed by atoms with Crippen molar-refractivity contribution in [3.8, 4) is 0 Å². The first-order valence-electron chi connectivity index (χ1n) is 7.10. The Hall–Kier alpha value is -1.21. The van der Waals surface area contributed by atoms with E-state index in [-0.39, 0.29) is 11.9 Å². The van der Waals surface area contributed by atoms with E-state index in [9.17, 15) is 9.90 Å². The molecule has 0 saturated heterocycles. The Morgan fingerprint density at radius 1 is 1.55 bits per heavy atom. The molecular weight excluding hydrogens is 276 g/mol. The molecule has 0 aliphatic heterocycles. The molecule has 1 aliphatic rings. The van der Waals surface area contributed by atoms with Crippen molar-refractivity contribution in [2.45, 2.75) is 57.6 Å². The lowest BCUT2D eigenvalue weighted by atomic mass is 10.0. The Morgan fingerprint density at radius 2 is 2.20 bits per heavy atom. The van der Waals surface area contributed by atoms with Crippen molar-refractivity contribution in [2.24, 2.45) is 0 Å². The predicted octanol–water partition coefficient (Wildman–Crippen LogP) is 1.49. The molecule has 20 heavy (non-hydrogen) atoms. The van der Waals surface area contributed by atoms with Gasteiger partial charge < -0.3 is 15.0 Å². The number of hydrogen-bond donors (Lipinski definition) is 3. The van der Waals surface area contributed by atoms with Crippen LogP contribution >= 0.6 is 12.2 Å². The van der Waals surface area contributed by atoms with E-state index >= 15 is 0 Å². The number of rotatable bonds is 5. The van der Waals surface area contributed by atoms with Crippen molar-refractivity contribution < 1.29 is 9.90 Å². The molecule has 0 spiro atoms. The second kappa shape index (κ2) is 6.05. The van der Waals surface area contributed by atoms with Gasteiger partial charge in [0.05, 0.1) is 0 Å². The van der Waals surface area contributed by atoms with Gasteiger partial charge in [-0.3, -0.25) is 9.89 Å². The van der Waals surface area contributed by atoms with Gasteiger partial charge in [0.2, 0.25) is 0 Å². The van der Waals surface area contributed by atoms with Crippen LogP contribution in [0.5, 0.6) is 0 Å². The molecule has 0 radical (unpaired) electrons. The number of aliphatic hydroxyl groups is 1. The zero-order valence-electron chi connectivity index (χ0n) is 12.0. The van der Waals surface area contributed by atoms with Crippen LogP contribution in [0.1, 0.15) is 51.4 Å². The summed E-state index contributed by atoms with van der Waals surface area (Å²) in [5, 5.41) is 19.9. The third kappa shape index (κ3) is 3.09. The third-order valence-electron chi connectivity index (χ3n) is 3.78. The van der Waals surface area contributed by atoms with E-state index in [4.69, 9.17) is 12.2 Å². The summed E-state index contributed by atoms with van der Waals surface area (Å²) in [5.41, 5.74) is -1.16. The highest BCUT2D eigenvalue weighted by atomic mass is 32.1. The number of aromatic amines is 1. The molecule has 1 aromatic heterocycles. The fourth-order valence-electron chi connectivity index (χ4n) is 2.69. The maximum absolute atomic E-state index is 12.0. The Bertz CT molecular complexity index is 529. The second-order valence-corrected chi connectivity index (χ2v) is 6.04. The molecule has 0 unspecified atom stereocenters. The smallest absolute Gasteiger partial charge is 0.251 e. The Labute approximate surface area is 123 Å². The van der Waals surface area contributed by atoms with Crippen LogP contribution in [0, 0.1) is 4.77 Å². The van der Waals surface area contributed by atoms with Crippen molar-refractivity contribution in [3.05, 3.63) is 10.6 Å². The number of amides is 1. The van der Waals surface area contributed by atoms with E-state index in [1.54, 1.807) is 0 Å². The maximum Gasteiger partial charge on any atom is 0.251 e. The van der Waals surface area contributed by atoms with Crippen LogP contribution in [-0.2, 0) is 11.2 Å². The zero-order chi connectivity index (χ0) is 14.8.